The second kappa shape index (κ2) is 14.8. The lowest BCUT2D eigenvalue weighted by Crippen LogP contribution is -2.00. The predicted molar refractivity (Wildman–Crippen MR) is 272 cm³/mol. The van der Waals surface area contributed by atoms with Crippen LogP contribution < -0.4 is 0 Å². The van der Waals surface area contributed by atoms with Crippen LogP contribution in [0.4, 0.5) is 0 Å². The van der Waals surface area contributed by atoms with Crippen molar-refractivity contribution in [1.82, 2.24) is 14.1 Å². The smallest absolute Gasteiger partial charge is 0.138 e. The molecule has 9 aromatic carbocycles. The molecule has 65 heavy (non-hydrogen) atoms. The van der Waals surface area contributed by atoms with Crippen molar-refractivity contribution in [3.63, 3.8) is 0 Å². The normalized spacial score (nSPS) is 11.7. The molecule has 0 unspecified atom stereocenters. The van der Waals surface area contributed by atoms with Gasteiger partial charge in [-0.2, -0.15) is 5.26 Å². The van der Waals surface area contributed by atoms with Crippen molar-refractivity contribution in [3.05, 3.63) is 224 Å². The van der Waals surface area contributed by atoms with Crippen molar-refractivity contribution in [1.29, 1.82) is 5.26 Å². The minimum absolute atomic E-state index is 0.638. The molecule has 0 N–H and O–H groups in total. The van der Waals surface area contributed by atoms with Crippen molar-refractivity contribution < 1.29 is 0 Å². The molecule has 4 nitrogen and oxygen atoms in total. The molecule has 0 amide bonds. The first-order valence-corrected chi connectivity index (χ1v) is 22.6. The highest BCUT2D eigenvalue weighted by Crippen LogP contribution is 2.43. The van der Waals surface area contributed by atoms with Crippen molar-refractivity contribution in [3.8, 4) is 62.2 Å². The lowest BCUT2D eigenvalue weighted by Gasteiger charge is -2.13. The Labute approximate surface area is 378 Å². The number of rotatable bonds is 6. The van der Waals surface area contributed by atoms with Crippen molar-refractivity contribution in [2.24, 2.45) is 0 Å². The summed E-state index contributed by atoms with van der Waals surface area (Å²) in [6.07, 6.45) is 0. The number of pyridine rings is 1. The molecule has 0 aliphatic carbocycles. The van der Waals surface area contributed by atoms with Crippen LogP contribution in [-0.4, -0.2) is 14.1 Å². The lowest BCUT2D eigenvalue weighted by molar-refractivity contribution is 1.08. The fraction of sp³-hybridized carbons (Fsp3) is 0. The summed E-state index contributed by atoms with van der Waals surface area (Å²) in [6, 6.07) is 80.2. The van der Waals surface area contributed by atoms with Gasteiger partial charge in [-0.1, -0.05) is 140 Å². The van der Waals surface area contributed by atoms with Gasteiger partial charge < -0.3 is 4.57 Å². The van der Waals surface area contributed by atoms with E-state index < -0.39 is 0 Å². The molecule has 0 aliphatic rings. The molecule has 0 saturated carbocycles. The molecule has 13 aromatic rings. The van der Waals surface area contributed by atoms with Crippen LogP contribution in [-0.2, 0) is 0 Å². The van der Waals surface area contributed by atoms with E-state index in [4.69, 9.17) is 4.98 Å². The predicted octanol–water partition coefficient (Wildman–Crippen LogP) is 16.2. The molecule has 0 fully saturated rings. The zero-order valence-electron chi connectivity index (χ0n) is 35.0. The van der Waals surface area contributed by atoms with Gasteiger partial charge in [-0.25, -0.2) is 4.98 Å². The van der Waals surface area contributed by atoms with E-state index in [-0.39, 0.29) is 0 Å². The first kappa shape index (κ1) is 37.0. The van der Waals surface area contributed by atoms with E-state index in [1.54, 1.807) is 0 Å². The third kappa shape index (κ3) is 6.00. The number of benzene rings is 9. The highest BCUT2D eigenvalue weighted by atomic mass is 32.1. The second-order valence-corrected chi connectivity index (χ2v) is 17.7. The van der Waals surface area contributed by atoms with Gasteiger partial charge in [0.2, 0.25) is 0 Å². The van der Waals surface area contributed by atoms with E-state index in [0.717, 1.165) is 44.9 Å². The molecular weight excluding hydrogens is 809 g/mol. The molecule has 0 saturated heterocycles. The minimum atomic E-state index is 0.638. The Kier molecular flexibility index (Phi) is 8.42. The van der Waals surface area contributed by atoms with Crippen molar-refractivity contribution >= 4 is 75.1 Å². The average molecular weight is 845 g/mol. The Balaban J connectivity index is 0.919. The summed E-state index contributed by atoms with van der Waals surface area (Å²) in [7, 11) is 0. The fourth-order valence-electron chi connectivity index (χ4n) is 9.93. The van der Waals surface area contributed by atoms with Gasteiger partial charge in [0, 0.05) is 53.0 Å². The number of thiophene rings is 1. The van der Waals surface area contributed by atoms with Gasteiger partial charge in [-0.15, -0.1) is 11.3 Å². The summed E-state index contributed by atoms with van der Waals surface area (Å²) < 4.78 is 7.23. The number of nitriles is 1. The zero-order chi connectivity index (χ0) is 43.0. The largest absolute Gasteiger partial charge is 0.309 e. The first-order chi connectivity index (χ1) is 32.2. The number of hydrogen-bond donors (Lipinski definition) is 0. The zero-order valence-corrected chi connectivity index (χ0v) is 35.8. The van der Waals surface area contributed by atoms with E-state index in [1.807, 2.05) is 41.7 Å². The summed E-state index contributed by atoms with van der Waals surface area (Å²) in [4.78, 5) is 5.32. The molecule has 0 atom stereocenters. The topological polar surface area (TPSA) is 46.5 Å². The van der Waals surface area contributed by atoms with Crippen LogP contribution in [0.1, 0.15) is 5.56 Å². The number of aromatic nitrogens is 3. The molecule has 302 valence electrons. The first-order valence-electron chi connectivity index (χ1n) is 21.8. The summed E-state index contributed by atoms with van der Waals surface area (Å²) in [5.41, 5.74) is 15.2. The Hall–Kier alpha value is -8.56. The quantitative estimate of drug-likeness (QED) is 0.167. The molecule has 0 spiro atoms. The average Bonchev–Trinajstić information content (AvgIpc) is 4.03. The van der Waals surface area contributed by atoms with E-state index in [2.05, 4.69) is 203 Å². The van der Waals surface area contributed by atoms with Crippen LogP contribution in [0.25, 0.3) is 120 Å². The van der Waals surface area contributed by atoms with Gasteiger partial charge in [-0.05, 0) is 112 Å². The lowest BCUT2D eigenvalue weighted by atomic mass is 9.98. The van der Waals surface area contributed by atoms with Crippen molar-refractivity contribution in [2.45, 2.75) is 0 Å². The fourth-order valence-corrected chi connectivity index (χ4v) is 11.1. The minimum Gasteiger partial charge on any atom is -0.309 e. The van der Waals surface area contributed by atoms with Gasteiger partial charge in [-0.3, -0.25) is 4.57 Å². The van der Waals surface area contributed by atoms with Gasteiger partial charge in [0.1, 0.15) is 5.82 Å². The van der Waals surface area contributed by atoms with E-state index in [1.165, 1.54) is 75.0 Å². The Bertz CT molecular complexity index is 4060. The number of para-hydroxylation sites is 3. The third-order valence-electron chi connectivity index (χ3n) is 13.0. The SMILES string of the molecule is N#Cc1ccc(-c2cc(-c3ccccc3)nc(-n3c4ccccc4c4cc(-c5ccc6c(c5)sc5cc(-c7cccc8c7c7ccccc7n8-c7ccccc7)ccc56)ccc43)c2)cc1. The van der Waals surface area contributed by atoms with Crippen LogP contribution in [0.3, 0.4) is 0 Å². The van der Waals surface area contributed by atoms with Crippen LogP contribution in [0.5, 0.6) is 0 Å². The summed E-state index contributed by atoms with van der Waals surface area (Å²) in [5, 5.41) is 16.9. The molecular formula is C60H36N4S. The van der Waals surface area contributed by atoms with Crippen LogP contribution in [0.15, 0.2) is 218 Å². The van der Waals surface area contributed by atoms with E-state index >= 15 is 0 Å². The third-order valence-corrected chi connectivity index (χ3v) is 14.1. The molecule has 4 heterocycles. The second-order valence-electron chi connectivity index (χ2n) is 16.7. The monoisotopic (exact) mass is 844 g/mol. The molecule has 13 rings (SSSR count). The summed E-state index contributed by atoms with van der Waals surface area (Å²) in [6.45, 7) is 0. The van der Waals surface area contributed by atoms with Gasteiger partial charge in [0.15, 0.2) is 0 Å². The number of nitrogens with zero attached hydrogens (tertiary/aromatic N) is 4. The maximum atomic E-state index is 9.49. The number of hydrogen-bond acceptors (Lipinski definition) is 3. The van der Waals surface area contributed by atoms with Crippen molar-refractivity contribution in [2.75, 3.05) is 0 Å². The number of fused-ring (bicyclic) bond motifs is 9. The Morgan fingerprint density at radius 1 is 0.385 bits per heavy atom. The highest BCUT2D eigenvalue weighted by Gasteiger charge is 2.19. The summed E-state index contributed by atoms with van der Waals surface area (Å²) in [5.74, 6) is 0.842. The van der Waals surface area contributed by atoms with Crippen LogP contribution in [0.2, 0.25) is 0 Å². The molecule has 5 heteroatoms. The Morgan fingerprint density at radius 3 is 1.75 bits per heavy atom. The van der Waals surface area contributed by atoms with Crippen LogP contribution >= 0.6 is 11.3 Å². The molecule has 0 aliphatic heterocycles. The molecule has 4 aromatic heterocycles. The van der Waals surface area contributed by atoms with E-state index in [9.17, 15) is 5.26 Å². The van der Waals surface area contributed by atoms with Crippen LogP contribution in [0, 0.1) is 11.3 Å². The summed E-state index contributed by atoms with van der Waals surface area (Å²) >= 11 is 1.87. The van der Waals surface area contributed by atoms with E-state index in [0.29, 0.717) is 5.56 Å². The van der Waals surface area contributed by atoms with Gasteiger partial charge in [0.25, 0.3) is 0 Å². The maximum absolute atomic E-state index is 9.49. The van der Waals surface area contributed by atoms with Gasteiger partial charge in [0.05, 0.1) is 39.4 Å². The standard InChI is InChI=1S/C60H36N4S/c61-37-38-22-24-39(25-23-38)44-33-52(40-12-3-1-4-13-40)62-59(36-44)64-53-19-9-7-16-47(53)51-32-41(28-31-55(51)64)42-26-29-48-49-30-27-43(35-58(49)65-57(48)34-42)46-18-11-21-56-60(46)50-17-8-10-20-54(50)63(56)45-14-5-2-6-15-45/h1-36H. The molecule has 0 radical (unpaired) electrons. The Morgan fingerprint density at radius 2 is 0.985 bits per heavy atom. The highest BCUT2D eigenvalue weighted by molar-refractivity contribution is 7.25. The maximum Gasteiger partial charge on any atom is 0.138 e. The molecule has 0 bridgehead atoms. The van der Waals surface area contributed by atoms with Gasteiger partial charge >= 0.3 is 0 Å².